The Bertz CT molecular complexity index is 801. The lowest BCUT2D eigenvalue weighted by Gasteiger charge is -2.28. The lowest BCUT2D eigenvalue weighted by atomic mass is 9.95. The molecule has 1 saturated carbocycles. The number of thioether (sulfide) groups is 1. The van der Waals surface area contributed by atoms with Gasteiger partial charge in [0.15, 0.2) is 6.61 Å². The van der Waals surface area contributed by atoms with Crippen LogP contribution in [0.15, 0.2) is 34.0 Å². The van der Waals surface area contributed by atoms with Crippen LogP contribution in [0.3, 0.4) is 0 Å². The van der Waals surface area contributed by atoms with Gasteiger partial charge in [-0.3, -0.25) is 9.59 Å². The number of ether oxygens (including phenoxy) is 1. The maximum Gasteiger partial charge on any atom is 0.258 e. The van der Waals surface area contributed by atoms with Crippen LogP contribution in [0.2, 0.25) is 0 Å². The molecule has 1 heterocycles. The van der Waals surface area contributed by atoms with E-state index in [4.69, 9.17) is 10.5 Å². The van der Waals surface area contributed by atoms with E-state index in [9.17, 15) is 9.59 Å². The molecule has 1 fully saturated rings. The maximum atomic E-state index is 12.2. The molecule has 1 aromatic carbocycles. The number of para-hydroxylation sites is 1. The van der Waals surface area contributed by atoms with Crippen molar-refractivity contribution >= 4 is 34.9 Å². The Labute approximate surface area is 166 Å². The predicted molar refractivity (Wildman–Crippen MR) is 107 cm³/mol. The summed E-state index contributed by atoms with van der Waals surface area (Å²) in [5.41, 5.74) is 6.66. The number of rotatable bonds is 7. The molecule has 0 atom stereocenters. The number of carbonyl (C=O) groups excluding carboxylic acids is 2. The van der Waals surface area contributed by atoms with E-state index in [-0.39, 0.29) is 24.1 Å². The average molecular weight is 406 g/mol. The Morgan fingerprint density at radius 3 is 2.70 bits per heavy atom. The van der Waals surface area contributed by atoms with Crippen LogP contribution in [0.25, 0.3) is 0 Å². The summed E-state index contributed by atoms with van der Waals surface area (Å²) < 4.78 is 6.61. The van der Waals surface area contributed by atoms with Gasteiger partial charge in [0.1, 0.15) is 10.1 Å². The molecule has 0 spiro atoms. The fourth-order valence-corrected chi connectivity index (χ4v) is 5.35. The van der Waals surface area contributed by atoms with Gasteiger partial charge in [0, 0.05) is 22.4 Å². The quantitative estimate of drug-likeness (QED) is 0.738. The number of amides is 2. The number of hydrogen-bond acceptors (Lipinski definition) is 6. The molecule has 8 heteroatoms. The Balaban J connectivity index is 1.41. The monoisotopic (exact) mass is 405 g/mol. The normalized spacial score (nSPS) is 19.4. The van der Waals surface area contributed by atoms with Crippen molar-refractivity contribution in [2.24, 2.45) is 5.73 Å². The number of aromatic nitrogens is 1. The molecule has 0 radical (unpaired) electrons. The van der Waals surface area contributed by atoms with Crippen LogP contribution in [-0.2, 0) is 4.79 Å². The van der Waals surface area contributed by atoms with E-state index in [1.807, 2.05) is 18.7 Å². The Morgan fingerprint density at radius 2 is 2.04 bits per heavy atom. The van der Waals surface area contributed by atoms with Gasteiger partial charge in [0.05, 0.1) is 5.56 Å². The fraction of sp³-hybridized carbons (Fsp3) is 0.421. The summed E-state index contributed by atoms with van der Waals surface area (Å²) in [4.78, 5) is 28.1. The highest BCUT2D eigenvalue weighted by molar-refractivity contribution is 8.01. The molecule has 3 rings (SSSR count). The number of benzene rings is 1. The second-order valence-corrected chi connectivity index (χ2v) is 8.97. The van der Waals surface area contributed by atoms with Crippen LogP contribution >= 0.6 is 23.1 Å². The highest BCUT2D eigenvalue weighted by atomic mass is 32.2. The van der Waals surface area contributed by atoms with E-state index in [0.717, 1.165) is 35.7 Å². The Hall–Kier alpha value is -2.06. The van der Waals surface area contributed by atoms with Crippen LogP contribution < -0.4 is 15.8 Å². The first-order chi connectivity index (χ1) is 13.0. The zero-order chi connectivity index (χ0) is 19.2. The standard InChI is InChI=1S/C19H23N3O3S2/c1-12-11-26-19(21-12)27-14-8-6-13(7-9-14)22-17(23)10-25-16-5-3-2-4-15(16)18(20)24/h2-5,11,13-14H,6-10H2,1H3,(H2,20,24)(H,22,23). The molecule has 3 N–H and O–H groups in total. The van der Waals surface area contributed by atoms with Crippen LogP contribution in [0, 0.1) is 6.92 Å². The molecule has 27 heavy (non-hydrogen) atoms. The molecule has 144 valence electrons. The third-order valence-corrected chi connectivity index (χ3v) is 6.84. The van der Waals surface area contributed by atoms with Crippen molar-refractivity contribution in [2.45, 2.75) is 48.2 Å². The number of aryl methyl sites for hydroxylation is 1. The molecule has 1 aliphatic carbocycles. The second-order valence-electron chi connectivity index (χ2n) is 6.56. The van der Waals surface area contributed by atoms with E-state index in [1.165, 1.54) is 0 Å². The molecule has 0 aliphatic heterocycles. The zero-order valence-corrected chi connectivity index (χ0v) is 16.8. The highest BCUT2D eigenvalue weighted by Crippen LogP contribution is 2.35. The maximum absolute atomic E-state index is 12.2. The predicted octanol–water partition coefficient (Wildman–Crippen LogP) is 3.15. The molecule has 1 aliphatic rings. The van der Waals surface area contributed by atoms with Gasteiger partial charge in [0.2, 0.25) is 0 Å². The molecule has 0 bridgehead atoms. The van der Waals surface area contributed by atoms with Gasteiger partial charge in [-0.15, -0.1) is 11.3 Å². The number of thiazole rings is 1. The molecular formula is C19H23N3O3S2. The molecule has 2 aromatic rings. The lowest BCUT2D eigenvalue weighted by Crippen LogP contribution is -2.40. The fourth-order valence-electron chi connectivity index (χ4n) is 3.06. The van der Waals surface area contributed by atoms with Crippen molar-refractivity contribution < 1.29 is 14.3 Å². The molecule has 1 aromatic heterocycles. The minimum absolute atomic E-state index is 0.128. The number of primary amides is 1. The summed E-state index contributed by atoms with van der Waals surface area (Å²) in [5, 5.41) is 5.66. The van der Waals surface area contributed by atoms with Crippen LogP contribution in [0.4, 0.5) is 0 Å². The first-order valence-electron chi connectivity index (χ1n) is 8.91. The average Bonchev–Trinajstić information content (AvgIpc) is 3.06. The highest BCUT2D eigenvalue weighted by Gasteiger charge is 2.24. The van der Waals surface area contributed by atoms with Gasteiger partial charge in [-0.05, 0) is 44.7 Å². The van der Waals surface area contributed by atoms with Crippen molar-refractivity contribution in [3.05, 3.63) is 40.9 Å². The largest absolute Gasteiger partial charge is 0.483 e. The van der Waals surface area contributed by atoms with Crippen LogP contribution in [-0.4, -0.2) is 34.7 Å². The summed E-state index contributed by atoms with van der Waals surface area (Å²) in [6.07, 6.45) is 4.01. The van der Waals surface area contributed by atoms with E-state index in [0.29, 0.717) is 11.0 Å². The summed E-state index contributed by atoms with van der Waals surface area (Å²) >= 11 is 3.54. The number of carbonyl (C=O) groups is 2. The summed E-state index contributed by atoms with van der Waals surface area (Å²) in [6.45, 7) is 1.88. The van der Waals surface area contributed by atoms with Crippen LogP contribution in [0.5, 0.6) is 5.75 Å². The zero-order valence-electron chi connectivity index (χ0n) is 15.1. The molecule has 0 saturated heterocycles. The van der Waals surface area contributed by atoms with Gasteiger partial charge in [-0.1, -0.05) is 23.9 Å². The third-order valence-electron chi connectivity index (χ3n) is 4.42. The summed E-state index contributed by atoms with van der Waals surface area (Å²) in [6, 6.07) is 6.83. The van der Waals surface area contributed by atoms with Crippen LogP contribution in [0.1, 0.15) is 41.7 Å². The van der Waals surface area contributed by atoms with Crippen molar-refractivity contribution in [1.82, 2.24) is 10.3 Å². The second kappa shape index (κ2) is 9.23. The van der Waals surface area contributed by atoms with Gasteiger partial charge in [0.25, 0.3) is 11.8 Å². The smallest absolute Gasteiger partial charge is 0.258 e. The van der Waals surface area contributed by atoms with E-state index >= 15 is 0 Å². The van der Waals surface area contributed by atoms with Crippen molar-refractivity contribution in [1.29, 1.82) is 0 Å². The van der Waals surface area contributed by atoms with Gasteiger partial charge in [-0.25, -0.2) is 4.98 Å². The number of nitrogens with one attached hydrogen (secondary N) is 1. The first kappa shape index (κ1) is 19.7. The minimum atomic E-state index is -0.572. The topological polar surface area (TPSA) is 94.3 Å². The molecular weight excluding hydrogens is 382 g/mol. The molecule has 2 amide bonds. The van der Waals surface area contributed by atoms with E-state index in [1.54, 1.807) is 35.6 Å². The number of hydrogen-bond donors (Lipinski definition) is 2. The number of nitrogens with two attached hydrogens (primary N) is 1. The van der Waals surface area contributed by atoms with Crippen molar-refractivity contribution in [3.8, 4) is 5.75 Å². The molecule has 0 unspecified atom stereocenters. The van der Waals surface area contributed by atoms with Gasteiger partial charge >= 0.3 is 0 Å². The summed E-state index contributed by atoms with van der Waals surface area (Å²) in [7, 11) is 0. The van der Waals surface area contributed by atoms with E-state index < -0.39 is 5.91 Å². The van der Waals surface area contributed by atoms with E-state index in [2.05, 4.69) is 15.7 Å². The summed E-state index contributed by atoms with van der Waals surface area (Å²) in [5.74, 6) is -0.419. The Morgan fingerprint density at radius 1 is 1.30 bits per heavy atom. The molecule has 6 nitrogen and oxygen atoms in total. The Kier molecular flexibility index (Phi) is 6.73. The lowest BCUT2D eigenvalue weighted by molar-refractivity contribution is -0.124. The van der Waals surface area contributed by atoms with Crippen molar-refractivity contribution in [2.75, 3.05) is 6.61 Å². The minimum Gasteiger partial charge on any atom is -0.483 e. The van der Waals surface area contributed by atoms with Gasteiger partial charge < -0.3 is 15.8 Å². The third kappa shape index (κ3) is 5.71. The number of nitrogens with zero attached hydrogens (tertiary/aromatic N) is 1. The first-order valence-corrected chi connectivity index (χ1v) is 10.7. The van der Waals surface area contributed by atoms with Crippen molar-refractivity contribution in [3.63, 3.8) is 0 Å². The SMILES string of the molecule is Cc1csc(SC2CCC(NC(=O)COc3ccccc3C(N)=O)CC2)n1. The van der Waals surface area contributed by atoms with Gasteiger partial charge in [-0.2, -0.15) is 0 Å².